The van der Waals surface area contributed by atoms with Gasteiger partial charge in [0.05, 0.1) is 6.10 Å². The van der Waals surface area contributed by atoms with Crippen molar-refractivity contribution in [1.82, 2.24) is 10.6 Å². The predicted molar refractivity (Wildman–Crippen MR) is 59.7 cm³/mol. The number of carbonyl (C=O) groups is 1. The molecule has 0 saturated heterocycles. The smallest absolute Gasteiger partial charge is 0.246 e. The molecule has 4 nitrogen and oxygen atoms in total. The van der Waals surface area contributed by atoms with E-state index in [1.165, 1.54) is 12.8 Å². The van der Waals surface area contributed by atoms with Crippen molar-refractivity contribution in [3.8, 4) is 0 Å². The van der Waals surface area contributed by atoms with Crippen LogP contribution in [0.1, 0.15) is 32.6 Å². The third-order valence-corrected chi connectivity index (χ3v) is 2.71. The van der Waals surface area contributed by atoms with E-state index in [4.69, 9.17) is 4.74 Å². The number of ether oxygens (including phenoxy) is 1. The molecule has 15 heavy (non-hydrogen) atoms. The zero-order valence-electron chi connectivity index (χ0n) is 9.71. The Hall–Kier alpha value is -0.610. The first-order chi connectivity index (χ1) is 7.22. The van der Waals surface area contributed by atoms with E-state index in [2.05, 4.69) is 10.6 Å². The number of hydrogen-bond acceptors (Lipinski definition) is 3. The molecule has 2 N–H and O–H groups in total. The molecular formula is C11H22N2O2. The maximum atomic E-state index is 11.5. The van der Waals surface area contributed by atoms with Gasteiger partial charge in [0.1, 0.15) is 6.61 Å². The Morgan fingerprint density at radius 2 is 2.13 bits per heavy atom. The molecule has 0 aromatic carbocycles. The molecule has 0 heterocycles. The van der Waals surface area contributed by atoms with Crippen molar-refractivity contribution in [2.75, 3.05) is 20.2 Å². The SMILES string of the molecule is CNCC(C)OCC(=O)NC1CCCC1. The van der Waals surface area contributed by atoms with Crippen molar-refractivity contribution in [2.45, 2.75) is 44.8 Å². The molecule has 1 aliphatic rings. The van der Waals surface area contributed by atoms with Gasteiger partial charge in [0.25, 0.3) is 0 Å². The van der Waals surface area contributed by atoms with Crippen molar-refractivity contribution in [3.63, 3.8) is 0 Å². The first-order valence-corrected chi connectivity index (χ1v) is 5.78. The zero-order valence-corrected chi connectivity index (χ0v) is 9.71. The molecule has 1 unspecified atom stereocenters. The molecule has 0 aromatic heterocycles. The lowest BCUT2D eigenvalue weighted by Crippen LogP contribution is -2.37. The molecule has 0 radical (unpaired) electrons. The first-order valence-electron chi connectivity index (χ1n) is 5.78. The van der Waals surface area contributed by atoms with Crippen LogP contribution in [0.15, 0.2) is 0 Å². The van der Waals surface area contributed by atoms with Crippen LogP contribution in [0, 0.1) is 0 Å². The Balaban J connectivity index is 2.07. The Morgan fingerprint density at radius 3 is 2.73 bits per heavy atom. The summed E-state index contributed by atoms with van der Waals surface area (Å²) in [5.41, 5.74) is 0. The summed E-state index contributed by atoms with van der Waals surface area (Å²) < 4.78 is 5.38. The molecular weight excluding hydrogens is 192 g/mol. The maximum Gasteiger partial charge on any atom is 0.246 e. The van der Waals surface area contributed by atoms with Gasteiger partial charge in [0, 0.05) is 12.6 Å². The Labute approximate surface area is 91.8 Å². The number of amides is 1. The molecule has 1 rings (SSSR count). The lowest BCUT2D eigenvalue weighted by Gasteiger charge is -2.15. The predicted octanol–water partition coefficient (Wildman–Crippen LogP) is 0.670. The van der Waals surface area contributed by atoms with E-state index in [9.17, 15) is 4.79 Å². The Bertz CT molecular complexity index is 191. The molecule has 0 aromatic rings. The monoisotopic (exact) mass is 214 g/mol. The van der Waals surface area contributed by atoms with Crippen molar-refractivity contribution in [1.29, 1.82) is 0 Å². The summed E-state index contributed by atoms with van der Waals surface area (Å²) in [5, 5.41) is 6.00. The third kappa shape index (κ3) is 5.14. The Morgan fingerprint density at radius 1 is 1.47 bits per heavy atom. The van der Waals surface area contributed by atoms with Crippen molar-refractivity contribution in [3.05, 3.63) is 0 Å². The summed E-state index contributed by atoms with van der Waals surface area (Å²) >= 11 is 0. The van der Waals surface area contributed by atoms with E-state index in [-0.39, 0.29) is 18.6 Å². The van der Waals surface area contributed by atoms with Crippen LogP contribution in [0.5, 0.6) is 0 Å². The molecule has 1 amide bonds. The average molecular weight is 214 g/mol. The second kappa shape index (κ2) is 6.80. The van der Waals surface area contributed by atoms with Crippen LogP contribution < -0.4 is 10.6 Å². The molecule has 0 spiro atoms. The van der Waals surface area contributed by atoms with Crippen LogP contribution >= 0.6 is 0 Å². The van der Waals surface area contributed by atoms with Gasteiger partial charge in [-0.1, -0.05) is 12.8 Å². The van der Waals surface area contributed by atoms with Gasteiger partial charge in [-0.05, 0) is 26.8 Å². The van der Waals surface area contributed by atoms with E-state index < -0.39 is 0 Å². The van der Waals surface area contributed by atoms with Gasteiger partial charge in [-0.2, -0.15) is 0 Å². The number of carbonyl (C=O) groups excluding carboxylic acids is 1. The standard InChI is InChI=1S/C11H22N2O2/c1-9(7-12-2)15-8-11(14)13-10-5-3-4-6-10/h9-10,12H,3-8H2,1-2H3,(H,13,14). The molecule has 1 aliphatic carbocycles. The molecule has 88 valence electrons. The van der Waals surface area contributed by atoms with Gasteiger partial charge in [0.2, 0.25) is 5.91 Å². The lowest BCUT2D eigenvalue weighted by molar-refractivity contribution is -0.128. The summed E-state index contributed by atoms with van der Waals surface area (Å²) in [4.78, 5) is 11.5. The average Bonchev–Trinajstić information content (AvgIpc) is 2.68. The van der Waals surface area contributed by atoms with Gasteiger partial charge in [-0.15, -0.1) is 0 Å². The molecule has 1 saturated carbocycles. The summed E-state index contributed by atoms with van der Waals surface area (Å²) in [6.07, 6.45) is 4.81. The number of rotatable bonds is 6. The lowest BCUT2D eigenvalue weighted by atomic mass is 10.2. The largest absolute Gasteiger partial charge is 0.367 e. The van der Waals surface area contributed by atoms with Crippen LogP contribution in [0.25, 0.3) is 0 Å². The highest BCUT2D eigenvalue weighted by atomic mass is 16.5. The van der Waals surface area contributed by atoms with Gasteiger partial charge in [-0.3, -0.25) is 4.79 Å². The topological polar surface area (TPSA) is 50.4 Å². The molecule has 1 atom stereocenters. The van der Waals surface area contributed by atoms with Crippen LogP contribution in [0.4, 0.5) is 0 Å². The molecule has 0 aliphatic heterocycles. The summed E-state index contributed by atoms with van der Waals surface area (Å²) in [5.74, 6) is 0.0184. The van der Waals surface area contributed by atoms with Gasteiger partial charge >= 0.3 is 0 Å². The first kappa shape index (κ1) is 12.5. The van der Waals surface area contributed by atoms with E-state index >= 15 is 0 Å². The van der Waals surface area contributed by atoms with Crippen LogP contribution in [-0.2, 0) is 9.53 Å². The summed E-state index contributed by atoms with van der Waals surface area (Å²) in [6, 6.07) is 0.390. The number of likely N-dealkylation sites (N-methyl/N-ethyl adjacent to an activating group) is 1. The minimum absolute atomic E-state index is 0.0184. The second-order valence-corrected chi connectivity index (χ2v) is 4.23. The quantitative estimate of drug-likeness (QED) is 0.683. The number of nitrogens with one attached hydrogen (secondary N) is 2. The number of hydrogen-bond donors (Lipinski definition) is 2. The highest BCUT2D eigenvalue weighted by Crippen LogP contribution is 2.17. The summed E-state index contributed by atoms with van der Waals surface area (Å²) in [6.45, 7) is 2.91. The minimum Gasteiger partial charge on any atom is -0.367 e. The minimum atomic E-state index is 0.0184. The fourth-order valence-corrected chi connectivity index (χ4v) is 1.90. The van der Waals surface area contributed by atoms with E-state index in [1.807, 2.05) is 14.0 Å². The van der Waals surface area contributed by atoms with Crippen LogP contribution in [-0.4, -0.2) is 38.3 Å². The highest BCUT2D eigenvalue weighted by molar-refractivity contribution is 5.77. The fourth-order valence-electron chi connectivity index (χ4n) is 1.90. The van der Waals surface area contributed by atoms with Gasteiger partial charge < -0.3 is 15.4 Å². The fraction of sp³-hybridized carbons (Fsp3) is 0.909. The van der Waals surface area contributed by atoms with Crippen LogP contribution in [0.3, 0.4) is 0 Å². The van der Waals surface area contributed by atoms with E-state index in [0.29, 0.717) is 6.04 Å². The van der Waals surface area contributed by atoms with Gasteiger partial charge in [-0.25, -0.2) is 0 Å². The van der Waals surface area contributed by atoms with Gasteiger partial charge in [0.15, 0.2) is 0 Å². The van der Waals surface area contributed by atoms with Crippen molar-refractivity contribution in [2.24, 2.45) is 0 Å². The molecule has 4 heteroatoms. The zero-order chi connectivity index (χ0) is 11.1. The molecule has 1 fully saturated rings. The summed E-state index contributed by atoms with van der Waals surface area (Å²) in [7, 11) is 1.87. The highest BCUT2D eigenvalue weighted by Gasteiger charge is 2.17. The van der Waals surface area contributed by atoms with Crippen LogP contribution in [0.2, 0.25) is 0 Å². The molecule has 0 bridgehead atoms. The van der Waals surface area contributed by atoms with E-state index in [0.717, 1.165) is 19.4 Å². The van der Waals surface area contributed by atoms with Crippen molar-refractivity contribution < 1.29 is 9.53 Å². The third-order valence-electron chi connectivity index (χ3n) is 2.71. The Kier molecular flexibility index (Phi) is 5.65. The maximum absolute atomic E-state index is 11.5. The normalized spacial score (nSPS) is 19.1. The van der Waals surface area contributed by atoms with E-state index in [1.54, 1.807) is 0 Å². The second-order valence-electron chi connectivity index (χ2n) is 4.23. The van der Waals surface area contributed by atoms with Crippen molar-refractivity contribution >= 4 is 5.91 Å².